The fraction of sp³-hybridized carbons (Fsp3) is 0.385. The highest BCUT2D eigenvalue weighted by Crippen LogP contribution is 2.33. The first-order valence-electron chi connectivity index (χ1n) is 5.95. The Hall–Kier alpha value is -1.84. The van der Waals surface area contributed by atoms with Gasteiger partial charge >= 0.3 is 0 Å². The molecule has 17 heavy (non-hydrogen) atoms. The van der Waals surface area contributed by atoms with Crippen LogP contribution in [0.2, 0.25) is 0 Å². The van der Waals surface area contributed by atoms with E-state index in [-0.39, 0.29) is 17.7 Å². The number of carbonyl (C=O) groups excluding carboxylic acids is 2. The van der Waals surface area contributed by atoms with E-state index in [9.17, 15) is 9.59 Å². The summed E-state index contributed by atoms with van der Waals surface area (Å²) in [6.45, 7) is 0.930. The Kier molecular flexibility index (Phi) is 2.35. The van der Waals surface area contributed by atoms with Gasteiger partial charge in [0.05, 0.1) is 5.92 Å². The maximum Gasteiger partial charge on any atom is 0.234 e. The minimum absolute atomic E-state index is 0.151. The summed E-state index contributed by atoms with van der Waals surface area (Å²) in [6.07, 6.45) is 2.03. The van der Waals surface area contributed by atoms with Crippen molar-refractivity contribution in [2.24, 2.45) is 0 Å². The van der Waals surface area contributed by atoms with Gasteiger partial charge in [-0.1, -0.05) is 12.1 Å². The van der Waals surface area contributed by atoms with Gasteiger partial charge in [-0.15, -0.1) is 0 Å². The second-order valence-electron chi connectivity index (χ2n) is 4.55. The molecule has 0 aliphatic carbocycles. The van der Waals surface area contributed by atoms with Crippen molar-refractivity contribution < 1.29 is 9.59 Å². The third-order valence-electron chi connectivity index (χ3n) is 3.52. The third-order valence-corrected chi connectivity index (χ3v) is 3.52. The van der Waals surface area contributed by atoms with E-state index >= 15 is 0 Å². The van der Waals surface area contributed by atoms with Crippen LogP contribution in [0.1, 0.15) is 29.9 Å². The maximum atomic E-state index is 11.9. The molecule has 4 nitrogen and oxygen atoms in total. The summed E-state index contributed by atoms with van der Waals surface area (Å²) in [5, 5.41) is 5.73. The Morgan fingerprint density at radius 2 is 2.06 bits per heavy atom. The molecule has 1 unspecified atom stereocenters. The lowest BCUT2D eigenvalue weighted by molar-refractivity contribution is -0.134. The SMILES string of the molecule is O=C1CCC(c2cccc3c2CCN3)C(=O)N1. The average molecular weight is 230 g/mol. The Labute approximate surface area is 99.4 Å². The van der Waals surface area contributed by atoms with Gasteiger partial charge in [0.15, 0.2) is 0 Å². The normalized spacial score (nSPS) is 22.9. The van der Waals surface area contributed by atoms with Crippen LogP contribution in [0.4, 0.5) is 5.69 Å². The van der Waals surface area contributed by atoms with Gasteiger partial charge in [0.1, 0.15) is 0 Å². The Morgan fingerprint density at radius 1 is 1.18 bits per heavy atom. The summed E-state index contributed by atoms with van der Waals surface area (Å²) >= 11 is 0. The van der Waals surface area contributed by atoms with E-state index in [2.05, 4.69) is 10.6 Å². The van der Waals surface area contributed by atoms with Crippen LogP contribution in [-0.2, 0) is 16.0 Å². The van der Waals surface area contributed by atoms with Gasteiger partial charge < -0.3 is 5.32 Å². The molecule has 2 aliphatic rings. The van der Waals surface area contributed by atoms with Crippen LogP contribution in [0.15, 0.2) is 18.2 Å². The first kappa shape index (κ1) is 10.3. The van der Waals surface area contributed by atoms with Crippen LogP contribution in [0, 0.1) is 0 Å². The molecule has 2 heterocycles. The molecule has 0 radical (unpaired) electrons. The highest BCUT2D eigenvalue weighted by Gasteiger charge is 2.30. The van der Waals surface area contributed by atoms with Crippen molar-refractivity contribution in [3.8, 4) is 0 Å². The lowest BCUT2D eigenvalue weighted by Gasteiger charge is -2.23. The van der Waals surface area contributed by atoms with E-state index in [1.54, 1.807) is 0 Å². The molecule has 1 aromatic rings. The number of hydrogen-bond acceptors (Lipinski definition) is 3. The van der Waals surface area contributed by atoms with E-state index < -0.39 is 0 Å². The van der Waals surface area contributed by atoms with E-state index in [0.717, 1.165) is 24.2 Å². The van der Waals surface area contributed by atoms with Crippen molar-refractivity contribution in [3.05, 3.63) is 29.3 Å². The molecule has 1 aromatic carbocycles. The number of imide groups is 1. The number of hydrogen-bond donors (Lipinski definition) is 2. The van der Waals surface area contributed by atoms with Crippen LogP contribution >= 0.6 is 0 Å². The van der Waals surface area contributed by atoms with E-state index in [0.29, 0.717) is 12.8 Å². The van der Waals surface area contributed by atoms with Crippen molar-refractivity contribution in [1.29, 1.82) is 0 Å². The van der Waals surface area contributed by atoms with Gasteiger partial charge in [-0.05, 0) is 30.0 Å². The first-order chi connectivity index (χ1) is 8.25. The number of rotatable bonds is 1. The van der Waals surface area contributed by atoms with Crippen LogP contribution in [0.25, 0.3) is 0 Å². The number of carbonyl (C=O) groups is 2. The number of fused-ring (bicyclic) bond motifs is 1. The molecule has 1 saturated heterocycles. The summed E-state index contributed by atoms with van der Waals surface area (Å²) in [7, 11) is 0. The van der Waals surface area contributed by atoms with Gasteiger partial charge in [-0.3, -0.25) is 14.9 Å². The van der Waals surface area contributed by atoms with E-state index in [1.807, 2.05) is 18.2 Å². The molecular formula is C13H14N2O2. The molecule has 2 N–H and O–H groups in total. The fourth-order valence-corrected chi connectivity index (χ4v) is 2.69. The quantitative estimate of drug-likeness (QED) is 0.712. The molecule has 0 bridgehead atoms. The predicted octanol–water partition coefficient (Wildman–Crippen LogP) is 1.17. The van der Waals surface area contributed by atoms with Crippen molar-refractivity contribution in [2.45, 2.75) is 25.2 Å². The molecule has 88 valence electrons. The van der Waals surface area contributed by atoms with Crippen molar-refractivity contribution in [1.82, 2.24) is 5.32 Å². The smallest absolute Gasteiger partial charge is 0.234 e. The second-order valence-corrected chi connectivity index (χ2v) is 4.55. The molecule has 2 aliphatic heterocycles. The minimum Gasteiger partial charge on any atom is -0.384 e. The third kappa shape index (κ3) is 1.69. The molecule has 3 rings (SSSR count). The summed E-state index contributed by atoms with van der Waals surface area (Å²) in [6, 6.07) is 6.01. The first-order valence-corrected chi connectivity index (χ1v) is 5.95. The number of piperidine rings is 1. The topological polar surface area (TPSA) is 58.2 Å². The fourth-order valence-electron chi connectivity index (χ4n) is 2.69. The summed E-state index contributed by atoms with van der Waals surface area (Å²) < 4.78 is 0. The van der Waals surface area contributed by atoms with Crippen LogP contribution in [0.5, 0.6) is 0 Å². The van der Waals surface area contributed by atoms with Crippen LogP contribution in [0.3, 0.4) is 0 Å². The molecule has 0 saturated carbocycles. The lowest BCUT2D eigenvalue weighted by Crippen LogP contribution is -2.39. The molecule has 0 spiro atoms. The molecule has 2 amide bonds. The number of nitrogens with one attached hydrogen (secondary N) is 2. The highest BCUT2D eigenvalue weighted by molar-refractivity contribution is 6.01. The zero-order valence-corrected chi connectivity index (χ0v) is 9.45. The van der Waals surface area contributed by atoms with Crippen LogP contribution < -0.4 is 10.6 Å². The summed E-state index contributed by atoms with van der Waals surface area (Å²) in [4.78, 5) is 23.0. The lowest BCUT2D eigenvalue weighted by atomic mass is 9.86. The molecule has 1 atom stereocenters. The standard InChI is InChI=1S/C13H14N2O2/c16-12-5-4-10(13(17)15-12)8-2-1-3-11-9(8)6-7-14-11/h1-3,10,14H,4-7H2,(H,15,16,17). The Balaban J connectivity index is 1.97. The van der Waals surface area contributed by atoms with Crippen molar-refractivity contribution in [3.63, 3.8) is 0 Å². The maximum absolute atomic E-state index is 11.9. The number of anilines is 1. The summed E-state index contributed by atoms with van der Waals surface area (Å²) in [5.74, 6) is -0.471. The minimum atomic E-state index is -0.164. The average Bonchev–Trinajstić information content (AvgIpc) is 2.77. The van der Waals surface area contributed by atoms with E-state index in [1.165, 1.54) is 5.56 Å². The van der Waals surface area contributed by atoms with Gasteiger partial charge in [0.25, 0.3) is 0 Å². The second kappa shape index (κ2) is 3.87. The Bertz CT molecular complexity index is 496. The van der Waals surface area contributed by atoms with Crippen LogP contribution in [-0.4, -0.2) is 18.4 Å². The molecule has 4 heteroatoms. The van der Waals surface area contributed by atoms with E-state index in [4.69, 9.17) is 0 Å². The zero-order chi connectivity index (χ0) is 11.8. The highest BCUT2D eigenvalue weighted by atomic mass is 16.2. The van der Waals surface area contributed by atoms with Crippen molar-refractivity contribution >= 4 is 17.5 Å². The van der Waals surface area contributed by atoms with Crippen molar-refractivity contribution in [2.75, 3.05) is 11.9 Å². The molecule has 0 aromatic heterocycles. The largest absolute Gasteiger partial charge is 0.384 e. The van der Waals surface area contributed by atoms with Gasteiger partial charge in [0.2, 0.25) is 11.8 Å². The van der Waals surface area contributed by atoms with Gasteiger partial charge in [0, 0.05) is 18.7 Å². The Morgan fingerprint density at radius 3 is 2.88 bits per heavy atom. The van der Waals surface area contributed by atoms with Gasteiger partial charge in [-0.2, -0.15) is 0 Å². The molecular weight excluding hydrogens is 216 g/mol. The number of amides is 2. The zero-order valence-electron chi connectivity index (χ0n) is 9.45. The summed E-state index contributed by atoms with van der Waals surface area (Å²) in [5.41, 5.74) is 3.45. The predicted molar refractivity (Wildman–Crippen MR) is 63.8 cm³/mol. The van der Waals surface area contributed by atoms with Gasteiger partial charge in [-0.25, -0.2) is 0 Å². The monoisotopic (exact) mass is 230 g/mol. The molecule has 1 fully saturated rings. The number of benzene rings is 1.